The van der Waals surface area contributed by atoms with Gasteiger partial charge in [-0.3, -0.25) is 15.0 Å². The van der Waals surface area contributed by atoms with Gasteiger partial charge in [-0.25, -0.2) is 9.80 Å². The SMILES string of the molecule is CCNC(=O)NN(C)CC(=O)N[C@@H](C)C(=O)N(Cc1csc2ccccc12)[C@@H](C)C(OCC)OCC. The molecule has 2 rings (SSSR count). The van der Waals surface area contributed by atoms with Crippen LogP contribution in [0.4, 0.5) is 4.79 Å². The third kappa shape index (κ3) is 8.44. The highest BCUT2D eigenvalue weighted by molar-refractivity contribution is 7.17. The molecule has 0 saturated carbocycles. The maximum Gasteiger partial charge on any atom is 0.329 e. The lowest BCUT2D eigenvalue weighted by Crippen LogP contribution is -2.55. The van der Waals surface area contributed by atoms with E-state index in [0.717, 1.165) is 15.6 Å². The number of rotatable bonds is 14. The Hall–Kier alpha value is -2.73. The summed E-state index contributed by atoms with van der Waals surface area (Å²) in [6.45, 7) is 10.7. The van der Waals surface area contributed by atoms with Crippen LogP contribution < -0.4 is 16.1 Å². The van der Waals surface area contributed by atoms with Crippen LogP contribution in [-0.4, -0.2) is 79.5 Å². The number of amides is 4. The van der Waals surface area contributed by atoms with Gasteiger partial charge in [0.2, 0.25) is 11.8 Å². The molecule has 0 unspecified atom stereocenters. The predicted molar refractivity (Wildman–Crippen MR) is 141 cm³/mol. The quantitative estimate of drug-likeness (QED) is 0.260. The molecule has 2 atom stereocenters. The van der Waals surface area contributed by atoms with Crippen molar-refractivity contribution in [2.45, 2.75) is 59.5 Å². The first-order valence-corrected chi connectivity index (χ1v) is 13.1. The number of hydrogen-bond acceptors (Lipinski definition) is 7. The number of likely N-dealkylation sites (N-methyl/N-ethyl adjacent to an activating group) is 1. The normalized spacial score (nSPS) is 13.0. The van der Waals surface area contributed by atoms with Gasteiger partial charge in [-0.1, -0.05) is 18.2 Å². The molecule has 36 heavy (non-hydrogen) atoms. The molecule has 0 aliphatic carbocycles. The lowest BCUT2D eigenvalue weighted by Gasteiger charge is -2.36. The summed E-state index contributed by atoms with van der Waals surface area (Å²) < 4.78 is 12.7. The van der Waals surface area contributed by atoms with Crippen molar-refractivity contribution < 1.29 is 23.9 Å². The largest absolute Gasteiger partial charge is 0.351 e. The Kier molecular flexibility index (Phi) is 12.1. The number of urea groups is 1. The minimum absolute atomic E-state index is 0.111. The average molecular weight is 522 g/mol. The van der Waals surface area contributed by atoms with E-state index in [1.54, 1.807) is 37.1 Å². The van der Waals surface area contributed by atoms with Crippen LogP contribution in [0.5, 0.6) is 0 Å². The summed E-state index contributed by atoms with van der Waals surface area (Å²) in [4.78, 5) is 39.6. The summed E-state index contributed by atoms with van der Waals surface area (Å²) in [7, 11) is 1.58. The van der Waals surface area contributed by atoms with Crippen molar-refractivity contribution in [2.24, 2.45) is 0 Å². The van der Waals surface area contributed by atoms with E-state index in [2.05, 4.69) is 27.5 Å². The standard InChI is InChI=1S/C25H39N5O5S/c1-7-26-25(33)28-29(6)15-22(31)27-17(4)23(32)30(18(5)24(34-8-2)35-9-3)14-19-16-36-21-13-11-10-12-20(19)21/h10-13,16-18,24H,7-9,14-15H2,1-6H3,(H,27,31)(H2,26,28,33)/t17-,18-/m0/s1. The zero-order valence-electron chi connectivity index (χ0n) is 22.0. The number of carbonyl (C=O) groups excluding carboxylic acids is 3. The zero-order valence-corrected chi connectivity index (χ0v) is 22.8. The van der Waals surface area contributed by atoms with Crippen molar-refractivity contribution in [2.75, 3.05) is 33.4 Å². The van der Waals surface area contributed by atoms with E-state index in [-0.39, 0.29) is 12.5 Å². The number of nitrogens with one attached hydrogen (secondary N) is 3. The van der Waals surface area contributed by atoms with Crippen LogP contribution in [0.1, 0.15) is 40.2 Å². The topological polar surface area (TPSA) is 112 Å². The Balaban J connectivity index is 2.18. The Labute approximate surface area is 217 Å². The molecule has 0 spiro atoms. The van der Waals surface area contributed by atoms with E-state index in [1.165, 1.54) is 5.01 Å². The van der Waals surface area contributed by atoms with Crippen molar-refractivity contribution in [3.63, 3.8) is 0 Å². The van der Waals surface area contributed by atoms with E-state index < -0.39 is 30.3 Å². The average Bonchev–Trinajstić information content (AvgIpc) is 3.24. The Bertz CT molecular complexity index is 994. The summed E-state index contributed by atoms with van der Waals surface area (Å²) >= 11 is 1.63. The van der Waals surface area contributed by atoms with Gasteiger partial charge in [0, 0.05) is 38.1 Å². The number of fused-ring (bicyclic) bond motifs is 1. The van der Waals surface area contributed by atoms with Crippen LogP contribution in [0, 0.1) is 0 Å². The summed E-state index contributed by atoms with van der Waals surface area (Å²) in [5.74, 6) is -0.648. The second kappa shape index (κ2) is 14.7. The van der Waals surface area contributed by atoms with Crippen molar-refractivity contribution in [1.29, 1.82) is 0 Å². The van der Waals surface area contributed by atoms with Gasteiger partial charge in [-0.15, -0.1) is 11.3 Å². The number of benzene rings is 1. The Morgan fingerprint density at radius 3 is 2.36 bits per heavy atom. The maximum absolute atomic E-state index is 13.7. The van der Waals surface area contributed by atoms with Crippen molar-refractivity contribution in [3.05, 3.63) is 35.2 Å². The molecule has 200 valence electrons. The highest BCUT2D eigenvalue weighted by atomic mass is 32.1. The van der Waals surface area contributed by atoms with E-state index in [4.69, 9.17) is 9.47 Å². The maximum atomic E-state index is 13.7. The molecule has 0 bridgehead atoms. The summed E-state index contributed by atoms with van der Waals surface area (Å²) in [5, 5.41) is 9.84. The highest BCUT2D eigenvalue weighted by Gasteiger charge is 2.32. The molecule has 0 fully saturated rings. The summed E-state index contributed by atoms with van der Waals surface area (Å²) in [5.41, 5.74) is 3.56. The third-order valence-electron chi connectivity index (χ3n) is 5.49. The van der Waals surface area contributed by atoms with Crippen LogP contribution in [0.25, 0.3) is 10.1 Å². The highest BCUT2D eigenvalue weighted by Crippen LogP contribution is 2.28. The predicted octanol–water partition coefficient (Wildman–Crippen LogP) is 2.69. The fraction of sp³-hybridized carbons (Fsp3) is 0.560. The number of ether oxygens (including phenoxy) is 2. The van der Waals surface area contributed by atoms with Gasteiger partial charge in [0.15, 0.2) is 6.29 Å². The molecule has 0 aliphatic heterocycles. The molecule has 4 amide bonds. The Morgan fingerprint density at radius 2 is 1.72 bits per heavy atom. The molecule has 2 aromatic rings. The molecule has 0 saturated heterocycles. The van der Waals surface area contributed by atoms with Crippen molar-refractivity contribution in [3.8, 4) is 0 Å². The van der Waals surface area contributed by atoms with Crippen LogP contribution in [0.2, 0.25) is 0 Å². The lowest BCUT2D eigenvalue weighted by atomic mass is 10.1. The first-order chi connectivity index (χ1) is 17.2. The minimum atomic E-state index is -0.799. The molecule has 1 aromatic heterocycles. The molecular weight excluding hydrogens is 482 g/mol. The second-order valence-electron chi connectivity index (χ2n) is 8.36. The van der Waals surface area contributed by atoms with Gasteiger partial charge in [0.05, 0.1) is 12.6 Å². The number of hydrogen-bond donors (Lipinski definition) is 3. The molecule has 0 radical (unpaired) electrons. The lowest BCUT2D eigenvalue weighted by molar-refractivity contribution is -0.179. The first-order valence-electron chi connectivity index (χ1n) is 12.2. The molecule has 0 aliphatic rings. The smallest absolute Gasteiger partial charge is 0.329 e. The molecule has 10 nitrogen and oxygen atoms in total. The van der Waals surface area contributed by atoms with Crippen LogP contribution in [-0.2, 0) is 25.6 Å². The summed E-state index contributed by atoms with van der Waals surface area (Å²) in [6, 6.07) is 6.45. The number of thiophene rings is 1. The van der Waals surface area contributed by atoms with Crippen LogP contribution in [0.3, 0.4) is 0 Å². The Morgan fingerprint density at radius 1 is 1.06 bits per heavy atom. The molecule has 1 aromatic carbocycles. The van der Waals surface area contributed by atoms with E-state index in [1.807, 2.05) is 39.0 Å². The minimum Gasteiger partial charge on any atom is -0.351 e. The number of nitrogens with zero attached hydrogens (tertiary/aromatic N) is 2. The van der Waals surface area contributed by atoms with Gasteiger partial charge in [-0.2, -0.15) is 0 Å². The van der Waals surface area contributed by atoms with Gasteiger partial charge in [0.1, 0.15) is 6.04 Å². The van der Waals surface area contributed by atoms with Crippen LogP contribution in [0.15, 0.2) is 29.6 Å². The number of carbonyl (C=O) groups is 3. The monoisotopic (exact) mass is 521 g/mol. The van der Waals surface area contributed by atoms with E-state index in [0.29, 0.717) is 26.3 Å². The summed E-state index contributed by atoms with van der Waals surface area (Å²) in [6.07, 6.45) is -0.607. The van der Waals surface area contributed by atoms with E-state index >= 15 is 0 Å². The number of hydrazine groups is 1. The fourth-order valence-corrected chi connectivity index (χ4v) is 4.74. The van der Waals surface area contributed by atoms with Gasteiger partial charge in [0.25, 0.3) is 0 Å². The molecule has 1 heterocycles. The first kappa shape index (κ1) is 29.5. The molecule has 11 heteroatoms. The molecule has 3 N–H and O–H groups in total. The fourth-order valence-electron chi connectivity index (χ4n) is 3.79. The van der Waals surface area contributed by atoms with Gasteiger partial charge in [-0.05, 0) is 57.0 Å². The van der Waals surface area contributed by atoms with Crippen molar-refractivity contribution >= 4 is 39.3 Å². The van der Waals surface area contributed by atoms with Gasteiger partial charge >= 0.3 is 6.03 Å². The molecular formula is C25H39N5O5S. The third-order valence-corrected chi connectivity index (χ3v) is 6.50. The van der Waals surface area contributed by atoms with Crippen LogP contribution >= 0.6 is 11.3 Å². The zero-order chi connectivity index (χ0) is 26.7. The van der Waals surface area contributed by atoms with Crippen molar-refractivity contribution in [1.82, 2.24) is 26.0 Å². The van der Waals surface area contributed by atoms with E-state index in [9.17, 15) is 14.4 Å². The second-order valence-corrected chi connectivity index (χ2v) is 9.27. The van der Waals surface area contributed by atoms with Gasteiger partial charge < -0.3 is 25.0 Å².